The minimum atomic E-state index is 0.428. The first kappa shape index (κ1) is 13.8. The molecule has 0 aromatic carbocycles. The van der Waals surface area contributed by atoms with Crippen LogP contribution in [0.2, 0.25) is 0 Å². The zero-order valence-electron chi connectivity index (χ0n) is 10.9. The first-order valence-corrected chi connectivity index (χ1v) is 8.98. The molecule has 0 saturated carbocycles. The number of piperazine rings is 1. The zero-order chi connectivity index (χ0) is 13.2. The van der Waals surface area contributed by atoms with Crippen LogP contribution in [0.4, 0.5) is 0 Å². The third-order valence-electron chi connectivity index (χ3n) is 3.48. The van der Waals surface area contributed by atoms with Gasteiger partial charge in [0.1, 0.15) is 0 Å². The third-order valence-corrected chi connectivity index (χ3v) is 6.59. The maximum absolute atomic E-state index is 3.66. The molecule has 1 atom stereocenters. The van der Waals surface area contributed by atoms with Crippen LogP contribution >= 0.6 is 38.6 Å². The predicted octanol–water partition coefficient (Wildman–Crippen LogP) is 3.88. The van der Waals surface area contributed by atoms with Gasteiger partial charge in [-0.2, -0.15) is 0 Å². The first-order chi connectivity index (χ1) is 9.25. The van der Waals surface area contributed by atoms with E-state index < -0.39 is 0 Å². The van der Waals surface area contributed by atoms with Gasteiger partial charge in [0.25, 0.3) is 0 Å². The normalized spacial score (nSPS) is 18.6. The summed E-state index contributed by atoms with van der Waals surface area (Å²) in [5.41, 5.74) is 1.34. The first-order valence-electron chi connectivity index (χ1n) is 6.49. The van der Waals surface area contributed by atoms with Crippen LogP contribution in [0, 0.1) is 6.92 Å². The van der Waals surface area contributed by atoms with Gasteiger partial charge in [-0.3, -0.25) is 4.90 Å². The molecular weight excluding hydrogens is 340 g/mol. The second-order valence-corrected chi connectivity index (χ2v) is 8.19. The summed E-state index contributed by atoms with van der Waals surface area (Å²) >= 11 is 7.40. The zero-order valence-corrected chi connectivity index (χ0v) is 14.1. The monoisotopic (exact) mass is 356 g/mol. The van der Waals surface area contributed by atoms with E-state index in [9.17, 15) is 0 Å². The van der Waals surface area contributed by atoms with E-state index in [1.54, 1.807) is 0 Å². The Morgan fingerprint density at radius 3 is 2.68 bits per heavy atom. The van der Waals surface area contributed by atoms with Gasteiger partial charge in [0.2, 0.25) is 0 Å². The average Bonchev–Trinajstić information content (AvgIpc) is 3.03. The van der Waals surface area contributed by atoms with Crippen molar-refractivity contribution in [3.8, 4) is 0 Å². The molecule has 2 aromatic heterocycles. The summed E-state index contributed by atoms with van der Waals surface area (Å²) in [7, 11) is 0. The van der Waals surface area contributed by atoms with Gasteiger partial charge < -0.3 is 5.32 Å². The fourth-order valence-electron chi connectivity index (χ4n) is 2.51. The maximum atomic E-state index is 3.66. The van der Waals surface area contributed by atoms with Crippen molar-refractivity contribution >= 4 is 38.6 Å². The smallest absolute Gasteiger partial charge is 0.0791 e. The lowest BCUT2D eigenvalue weighted by Crippen LogP contribution is -2.45. The number of nitrogens with one attached hydrogen (secondary N) is 1. The fourth-order valence-corrected chi connectivity index (χ4v) is 5.18. The number of aryl methyl sites for hydroxylation is 1. The Bertz CT molecular complexity index is 510. The molecule has 1 fully saturated rings. The summed E-state index contributed by atoms with van der Waals surface area (Å²) in [5.74, 6) is 0. The lowest BCUT2D eigenvalue weighted by atomic mass is 10.1. The van der Waals surface area contributed by atoms with Crippen molar-refractivity contribution in [1.29, 1.82) is 0 Å². The van der Waals surface area contributed by atoms with E-state index >= 15 is 0 Å². The van der Waals surface area contributed by atoms with Crippen LogP contribution in [-0.4, -0.2) is 31.1 Å². The number of nitrogens with zero attached hydrogens (tertiary/aromatic N) is 1. The van der Waals surface area contributed by atoms with Crippen LogP contribution in [0.1, 0.15) is 21.4 Å². The highest BCUT2D eigenvalue weighted by Gasteiger charge is 2.26. The average molecular weight is 357 g/mol. The van der Waals surface area contributed by atoms with Crippen molar-refractivity contribution in [3.05, 3.63) is 42.7 Å². The number of hydrogen-bond donors (Lipinski definition) is 1. The molecule has 19 heavy (non-hydrogen) atoms. The fraction of sp³-hybridized carbons (Fsp3) is 0.429. The molecule has 0 aliphatic carbocycles. The van der Waals surface area contributed by atoms with Gasteiger partial charge in [-0.05, 0) is 45.9 Å². The minimum Gasteiger partial charge on any atom is -0.314 e. The van der Waals surface area contributed by atoms with Gasteiger partial charge in [-0.15, -0.1) is 22.7 Å². The molecule has 0 unspecified atom stereocenters. The molecule has 102 valence electrons. The van der Waals surface area contributed by atoms with Crippen LogP contribution in [0.15, 0.2) is 27.4 Å². The van der Waals surface area contributed by atoms with Gasteiger partial charge in [0, 0.05) is 35.9 Å². The van der Waals surface area contributed by atoms with Gasteiger partial charge in [-0.1, -0.05) is 6.07 Å². The van der Waals surface area contributed by atoms with Gasteiger partial charge in [0.05, 0.1) is 9.83 Å². The van der Waals surface area contributed by atoms with Crippen LogP contribution < -0.4 is 5.32 Å². The van der Waals surface area contributed by atoms with E-state index in [2.05, 4.69) is 56.6 Å². The summed E-state index contributed by atoms with van der Waals surface area (Å²) in [6, 6.07) is 7.18. The summed E-state index contributed by atoms with van der Waals surface area (Å²) in [5, 5.41) is 5.62. The third kappa shape index (κ3) is 2.95. The molecule has 0 spiro atoms. The van der Waals surface area contributed by atoms with Gasteiger partial charge >= 0.3 is 0 Å². The summed E-state index contributed by atoms with van der Waals surface area (Å²) in [6.07, 6.45) is 0. The van der Waals surface area contributed by atoms with Crippen LogP contribution in [0.3, 0.4) is 0 Å². The second kappa shape index (κ2) is 6.06. The topological polar surface area (TPSA) is 15.3 Å². The van der Waals surface area contributed by atoms with Crippen molar-refractivity contribution in [2.24, 2.45) is 0 Å². The SMILES string of the molecule is Cc1cc([C@H](c2cccs2)N2CCNCC2)sc1Br. The quantitative estimate of drug-likeness (QED) is 0.897. The molecule has 0 radical (unpaired) electrons. The molecule has 1 N–H and O–H groups in total. The van der Waals surface area contributed by atoms with Crippen LogP contribution in [0.5, 0.6) is 0 Å². The standard InChI is InChI=1S/C14H17BrN2S2/c1-10-9-12(19-14(10)15)13(11-3-2-8-18-11)17-6-4-16-5-7-17/h2-3,8-9,13,16H,4-7H2,1H3/t13-/m0/s1. The molecule has 0 amide bonds. The molecule has 2 nitrogen and oxygen atoms in total. The van der Waals surface area contributed by atoms with Crippen molar-refractivity contribution in [2.75, 3.05) is 26.2 Å². The lowest BCUT2D eigenvalue weighted by Gasteiger charge is -2.34. The molecule has 1 aliphatic rings. The van der Waals surface area contributed by atoms with Crippen molar-refractivity contribution in [3.63, 3.8) is 0 Å². The molecule has 1 saturated heterocycles. The summed E-state index contributed by atoms with van der Waals surface area (Å²) < 4.78 is 1.26. The number of rotatable bonds is 3. The Kier molecular flexibility index (Phi) is 4.39. The molecule has 3 rings (SSSR count). The second-order valence-electron chi connectivity index (χ2n) is 4.81. The van der Waals surface area contributed by atoms with E-state index in [1.165, 1.54) is 19.1 Å². The summed E-state index contributed by atoms with van der Waals surface area (Å²) in [4.78, 5) is 5.50. The summed E-state index contributed by atoms with van der Waals surface area (Å²) in [6.45, 7) is 6.60. The number of halogens is 1. The van der Waals surface area contributed by atoms with E-state index in [0.29, 0.717) is 6.04 Å². The Hall–Kier alpha value is -0.200. The molecule has 0 bridgehead atoms. The van der Waals surface area contributed by atoms with Gasteiger partial charge in [0.15, 0.2) is 0 Å². The number of thiophene rings is 2. The minimum absolute atomic E-state index is 0.428. The van der Waals surface area contributed by atoms with Crippen molar-refractivity contribution in [1.82, 2.24) is 10.2 Å². The van der Waals surface area contributed by atoms with E-state index in [4.69, 9.17) is 0 Å². The van der Waals surface area contributed by atoms with E-state index in [1.807, 2.05) is 22.7 Å². The highest BCUT2D eigenvalue weighted by Crippen LogP contribution is 2.39. The molecular formula is C14H17BrN2S2. The van der Waals surface area contributed by atoms with Crippen molar-refractivity contribution < 1.29 is 0 Å². The Morgan fingerprint density at radius 1 is 1.32 bits per heavy atom. The Balaban J connectivity index is 1.96. The van der Waals surface area contributed by atoms with Crippen LogP contribution in [-0.2, 0) is 0 Å². The Morgan fingerprint density at radius 2 is 2.11 bits per heavy atom. The lowest BCUT2D eigenvalue weighted by molar-refractivity contribution is 0.203. The van der Waals surface area contributed by atoms with E-state index in [0.717, 1.165) is 26.2 Å². The molecule has 2 aromatic rings. The van der Waals surface area contributed by atoms with Crippen molar-refractivity contribution in [2.45, 2.75) is 13.0 Å². The van der Waals surface area contributed by atoms with E-state index in [-0.39, 0.29) is 0 Å². The Labute approximate surface area is 130 Å². The highest BCUT2D eigenvalue weighted by atomic mass is 79.9. The maximum Gasteiger partial charge on any atom is 0.0791 e. The number of hydrogen-bond acceptors (Lipinski definition) is 4. The predicted molar refractivity (Wildman–Crippen MR) is 87.4 cm³/mol. The molecule has 5 heteroatoms. The molecule has 3 heterocycles. The molecule has 1 aliphatic heterocycles. The highest BCUT2D eigenvalue weighted by molar-refractivity contribution is 9.11. The van der Waals surface area contributed by atoms with Gasteiger partial charge in [-0.25, -0.2) is 0 Å². The largest absolute Gasteiger partial charge is 0.314 e. The van der Waals surface area contributed by atoms with Crippen LogP contribution in [0.25, 0.3) is 0 Å².